The summed E-state index contributed by atoms with van der Waals surface area (Å²) in [4.78, 5) is 0. The van der Waals surface area contributed by atoms with Crippen LogP contribution in [0.15, 0.2) is 36.4 Å². The van der Waals surface area contributed by atoms with Gasteiger partial charge in [-0.15, -0.1) is 12.4 Å². The minimum absolute atomic E-state index is 0. The highest BCUT2D eigenvalue weighted by Crippen LogP contribution is 2.30. The number of halogens is 1. The maximum Gasteiger partial charge on any atom is 0.146 e. The van der Waals surface area contributed by atoms with Crippen LogP contribution in [0, 0.1) is 0 Å². The first-order valence-corrected chi connectivity index (χ1v) is 7.59. The number of rotatable bonds is 2. The number of ether oxygens (including phenoxy) is 3. The van der Waals surface area contributed by atoms with E-state index < -0.39 is 0 Å². The number of fused-ring (bicyclic) bond motifs is 1. The first-order chi connectivity index (χ1) is 10.6. The monoisotopic (exact) mass is 339 g/mol. The Kier molecular flexibility index (Phi) is 8.34. The van der Waals surface area contributed by atoms with Gasteiger partial charge in [-0.25, -0.2) is 0 Å². The molecule has 0 bridgehead atoms. The molecule has 2 N–H and O–H groups in total. The molecule has 2 aromatic rings. The molecular formula is C18H26ClNO3. The SMILES string of the molecule is CC(C)N.COc1ccc2c(C3COCOC3)cccc2c1.Cl. The number of nitrogens with two attached hydrogens (primary N) is 1. The van der Waals surface area contributed by atoms with Crippen LogP contribution in [0.5, 0.6) is 5.75 Å². The second-order valence-corrected chi connectivity index (χ2v) is 5.73. The van der Waals surface area contributed by atoms with E-state index in [-0.39, 0.29) is 12.4 Å². The quantitative estimate of drug-likeness (QED) is 0.906. The third kappa shape index (κ3) is 5.66. The molecule has 0 spiro atoms. The van der Waals surface area contributed by atoms with Gasteiger partial charge in [0, 0.05) is 5.92 Å². The summed E-state index contributed by atoms with van der Waals surface area (Å²) in [5.41, 5.74) is 6.40. The molecule has 0 radical (unpaired) electrons. The lowest BCUT2D eigenvalue weighted by Crippen LogP contribution is -2.22. The van der Waals surface area contributed by atoms with Crippen molar-refractivity contribution in [3.05, 3.63) is 42.0 Å². The molecule has 1 fully saturated rings. The van der Waals surface area contributed by atoms with Crippen molar-refractivity contribution in [3.8, 4) is 5.75 Å². The molecule has 4 nitrogen and oxygen atoms in total. The topological polar surface area (TPSA) is 53.7 Å². The minimum Gasteiger partial charge on any atom is -0.497 e. The van der Waals surface area contributed by atoms with E-state index in [9.17, 15) is 0 Å². The number of hydrogen-bond donors (Lipinski definition) is 1. The van der Waals surface area contributed by atoms with E-state index >= 15 is 0 Å². The zero-order valence-electron chi connectivity index (χ0n) is 14.0. The third-order valence-corrected chi connectivity index (χ3v) is 3.37. The second kappa shape index (κ2) is 9.73. The van der Waals surface area contributed by atoms with Gasteiger partial charge in [0.1, 0.15) is 12.5 Å². The smallest absolute Gasteiger partial charge is 0.146 e. The van der Waals surface area contributed by atoms with Crippen LogP contribution in [0.25, 0.3) is 10.8 Å². The van der Waals surface area contributed by atoms with E-state index in [1.807, 2.05) is 19.9 Å². The number of hydrogen-bond acceptors (Lipinski definition) is 4. The predicted octanol–water partition coefficient (Wildman–Crippen LogP) is 3.71. The van der Waals surface area contributed by atoms with Crippen LogP contribution in [-0.2, 0) is 9.47 Å². The summed E-state index contributed by atoms with van der Waals surface area (Å²) in [6.45, 7) is 5.76. The lowest BCUT2D eigenvalue weighted by Gasteiger charge is -2.24. The van der Waals surface area contributed by atoms with E-state index in [0.717, 1.165) is 19.0 Å². The predicted molar refractivity (Wildman–Crippen MR) is 96.6 cm³/mol. The highest BCUT2D eigenvalue weighted by Gasteiger charge is 2.18. The largest absolute Gasteiger partial charge is 0.497 e. The molecule has 128 valence electrons. The van der Waals surface area contributed by atoms with Gasteiger partial charge in [0.15, 0.2) is 0 Å². The lowest BCUT2D eigenvalue weighted by molar-refractivity contribution is -0.108. The highest BCUT2D eigenvalue weighted by atomic mass is 35.5. The fraction of sp³-hybridized carbons (Fsp3) is 0.444. The molecule has 1 aliphatic heterocycles. The summed E-state index contributed by atoms with van der Waals surface area (Å²) in [5, 5.41) is 2.44. The average Bonchev–Trinajstić information content (AvgIpc) is 2.54. The summed E-state index contributed by atoms with van der Waals surface area (Å²) in [5.74, 6) is 1.20. The molecule has 1 saturated heterocycles. The van der Waals surface area contributed by atoms with Crippen LogP contribution in [0.1, 0.15) is 25.3 Å². The lowest BCUT2D eigenvalue weighted by atomic mass is 9.94. The Labute approximate surface area is 144 Å². The maximum absolute atomic E-state index is 5.38. The Hall–Kier alpha value is -1.33. The van der Waals surface area contributed by atoms with E-state index in [0.29, 0.717) is 18.8 Å². The minimum atomic E-state index is 0. The molecule has 1 aliphatic rings. The molecule has 0 unspecified atom stereocenters. The molecule has 0 atom stereocenters. The van der Waals surface area contributed by atoms with E-state index in [2.05, 4.69) is 30.3 Å². The van der Waals surface area contributed by atoms with Gasteiger partial charge in [0.25, 0.3) is 0 Å². The molecule has 0 amide bonds. The Morgan fingerprint density at radius 1 is 1.13 bits per heavy atom. The van der Waals surface area contributed by atoms with Crippen molar-refractivity contribution < 1.29 is 14.2 Å². The fourth-order valence-corrected chi connectivity index (χ4v) is 2.44. The van der Waals surface area contributed by atoms with E-state index in [4.69, 9.17) is 19.9 Å². The summed E-state index contributed by atoms with van der Waals surface area (Å²) < 4.78 is 16.0. The average molecular weight is 340 g/mol. The summed E-state index contributed by atoms with van der Waals surface area (Å²) in [6.07, 6.45) is 0. The van der Waals surface area contributed by atoms with Gasteiger partial charge in [-0.2, -0.15) is 0 Å². The Morgan fingerprint density at radius 2 is 1.78 bits per heavy atom. The first kappa shape index (κ1) is 19.7. The summed E-state index contributed by atoms with van der Waals surface area (Å²) >= 11 is 0. The maximum atomic E-state index is 5.38. The molecule has 2 aromatic carbocycles. The highest BCUT2D eigenvalue weighted by molar-refractivity contribution is 5.87. The Balaban J connectivity index is 0.000000478. The van der Waals surface area contributed by atoms with Crippen LogP contribution < -0.4 is 10.5 Å². The zero-order chi connectivity index (χ0) is 15.9. The van der Waals surface area contributed by atoms with Crippen LogP contribution in [0.4, 0.5) is 0 Å². The Morgan fingerprint density at radius 3 is 2.39 bits per heavy atom. The second-order valence-electron chi connectivity index (χ2n) is 5.73. The molecule has 5 heteroatoms. The molecule has 0 aliphatic carbocycles. The summed E-state index contributed by atoms with van der Waals surface area (Å²) in [7, 11) is 1.69. The van der Waals surface area contributed by atoms with Gasteiger partial charge in [0.05, 0.1) is 20.3 Å². The van der Waals surface area contributed by atoms with Crippen molar-refractivity contribution in [2.24, 2.45) is 5.73 Å². The van der Waals surface area contributed by atoms with Crippen LogP contribution in [0.3, 0.4) is 0 Å². The van der Waals surface area contributed by atoms with E-state index in [1.165, 1.54) is 16.3 Å². The number of methoxy groups -OCH3 is 1. The van der Waals surface area contributed by atoms with Crippen LogP contribution in [-0.4, -0.2) is 33.2 Å². The standard InChI is InChI=1S/C15H16O3.C3H9N.ClH/c1-16-13-5-6-15-11(7-13)3-2-4-14(15)12-8-17-10-18-9-12;1-3(2)4;/h2-7,12H,8-10H2,1H3;3H,4H2,1-2H3;1H. The van der Waals surface area contributed by atoms with Crippen molar-refractivity contribution in [2.45, 2.75) is 25.8 Å². The Bertz CT molecular complexity index is 595. The third-order valence-electron chi connectivity index (χ3n) is 3.37. The zero-order valence-corrected chi connectivity index (χ0v) is 14.8. The molecule has 0 aromatic heterocycles. The summed E-state index contributed by atoms with van der Waals surface area (Å²) in [6, 6.07) is 12.8. The van der Waals surface area contributed by atoms with Crippen molar-refractivity contribution in [1.29, 1.82) is 0 Å². The van der Waals surface area contributed by atoms with Crippen molar-refractivity contribution in [3.63, 3.8) is 0 Å². The van der Waals surface area contributed by atoms with Gasteiger partial charge in [-0.05, 0) is 34.5 Å². The normalized spacial score (nSPS) is 14.8. The molecular weight excluding hydrogens is 314 g/mol. The molecule has 3 rings (SSSR count). The first-order valence-electron chi connectivity index (χ1n) is 7.59. The van der Waals surface area contributed by atoms with Gasteiger partial charge >= 0.3 is 0 Å². The van der Waals surface area contributed by atoms with Crippen molar-refractivity contribution in [1.82, 2.24) is 0 Å². The van der Waals surface area contributed by atoms with Gasteiger partial charge in [-0.1, -0.05) is 38.1 Å². The molecule has 23 heavy (non-hydrogen) atoms. The molecule has 1 heterocycles. The fourth-order valence-electron chi connectivity index (χ4n) is 2.44. The van der Waals surface area contributed by atoms with Crippen molar-refractivity contribution in [2.75, 3.05) is 27.1 Å². The van der Waals surface area contributed by atoms with Gasteiger partial charge in [-0.3, -0.25) is 0 Å². The molecule has 0 saturated carbocycles. The van der Waals surface area contributed by atoms with E-state index in [1.54, 1.807) is 7.11 Å². The van der Waals surface area contributed by atoms with Crippen LogP contribution in [0.2, 0.25) is 0 Å². The van der Waals surface area contributed by atoms with Gasteiger partial charge in [0.2, 0.25) is 0 Å². The number of benzene rings is 2. The van der Waals surface area contributed by atoms with Gasteiger partial charge < -0.3 is 19.9 Å². The van der Waals surface area contributed by atoms with Crippen LogP contribution >= 0.6 is 12.4 Å². The van der Waals surface area contributed by atoms with Crippen molar-refractivity contribution >= 4 is 23.2 Å².